The number of anilines is 1. The van der Waals surface area contributed by atoms with Gasteiger partial charge in [-0.3, -0.25) is 10.1 Å². The molecule has 0 aliphatic rings. The zero-order valence-corrected chi connectivity index (χ0v) is 11.2. The minimum absolute atomic E-state index is 0.0116. The Bertz CT molecular complexity index is 509. The maximum Gasteiger partial charge on any atom is 0.328 e. The minimum Gasteiger partial charge on any atom is -0.480 e. The van der Waals surface area contributed by atoms with Gasteiger partial charge in [0, 0.05) is 13.2 Å². The van der Waals surface area contributed by atoms with E-state index < -0.39 is 16.9 Å². The number of halogens is 2. The van der Waals surface area contributed by atoms with Gasteiger partial charge in [-0.25, -0.2) is 4.79 Å². The molecule has 0 heterocycles. The average molecular weight is 309 g/mol. The quantitative estimate of drug-likeness (QED) is 0.618. The van der Waals surface area contributed by atoms with Crippen molar-refractivity contribution >= 4 is 40.5 Å². The Balaban J connectivity index is 3.14. The van der Waals surface area contributed by atoms with Crippen molar-refractivity contribution in [2.24, 2.45) is 0 Å². The van der Waals surface area contributed by atoms with Gasteiger partial charge in [-0.1, -0.05) is 23.2 Å². The molecule has 1 unspecified atom stereocenters. The van der Waals surface area contributed by atoms with Crippen LogP contribution < -0.4 is 5.32 Å². The number of hydrogen-bond donors (Lipinski definition) is 2. The van der Waals surface area contributed by atoms with E-state index in [2.05, 4.69) is 5.32 Å². The highest BCUT2D eigenvalue weighted by molar-refractivity contribution is 6.42. The monoisotopic (exact) mass is 308 g/mol. The van der Waals surface area contributed by atoms with Crippen molar-refractivity contribution in [3.8, 4) is 0 Å². The summed E-state index contributed by atoms with van der Waals surface area (Å²) in [4.78, 5) is 21.2. The van der Waals surface area contributed by atoms with Crippen molar-refractivity contribution in [3.05, 3.63) is 32.3 Å². The van der Waals surface area contributed by atoms with E-state index in [1.165, 1.54) is 13.2 Å². The topological polar surface area (TPSA) is 102 Å². The molecule has 19 heavy (non-hydrogen) atoms. The van der Waals surface area contributed by atoms with Gasteiger partial charge in [-0.15, -0.1) is 0 Å². The van der Waals surface area contributed by atoms with E-state index in [4.69, 9.17) is 33.0 Å². The molecule has 0 radical (unpaired) electrons. The van der Waals surface area contributed by atoms with Gasteiger partial charge >= 0.3 is 5.97 Å². The number of hydrogen-bond acceptors (Lipinski definition) is 5. The van der Waals surface area contributed by atoms with Crippen LogP contribution in [0, 0.1) is 10.1 Å². The molecule has 0 aliphatic carbocycles. The summed E-state index contributed by atoms with van der Waals surface area (Å²) < 4.78 is 4.72. The molecule has 9 heteroatoms. The maximum absolute atomic E-state index is 11.0. The molecule has 0 aromatic heterocycles. The lowest BCUT2D eigenvalue weighted by Gasteiger charge is -2.15. The van der Waals surface area contributed by atoms with Gasteiger partial charge < -0.3 is 15.2 Å². The molecular weight excluding hydrogens is 299 g/mol. The van der Waals surface area contributed by atoms with Crippen LogP contribution in [0.1, 0.15) is 0 Å². The summed E-state index contributed by atoms with van der Waals surface area (Å²) in [5, 5.41) is 22.4. The van der Waals surface area contributed by atoms with Gasteiger partial charge in [-0.05, 0) is 6.07 Å². The summed E-state index contributed by atoms with van der Waals surface area (Å²) in [6.07, 6.45) is 0. The fourth-order valence-corrected chi connectivity index (χ4v) is 1.65. The van der Waals surface area contributed by atoms with E-state index >= 15 is 0 Å². The summed E-state index contributed by atoms with van der Waals surface area (Å²) in [7, 11) is 1.32. The number of nitro groups is 1. The molecule has 1 atom stereocenters. The normalized spacial score (nSPS) is 11.9. The largest absolute Gasteiger partial charge is 0.480 e. The first-order valence-electron chi connectivity index (χ1n) is 4.98. The number of benzene rings is 1. The Kier molecular flexibility index (Phi) is 5.34. The van der Waals surface area contributed by atoms with Crippen molar-refractivity contribution in [3.63, 3.8) is 0 Å². The summed E-state index contributed by atoms with van der Waals surface area (Å²) in [6.45, 7) is -0.160. The smallest absolute Gasteiger partial charge is 0.328 e. The third-order valence-electron chi connectivity index (χ3n) is 2.20. The van der Waals surface area contributed by atoms with Crippen LogP contribution in [0.4, 0.5) is 11.4 Å². The fourth-order valence-electron chi connectivity index (χ4n) is 1.33. The zero-order chi connectivity index (χ0) is 14.6. The molecule has 0 bridgehead atoms. The van der Waals surface area contributed by atoms with E-state index in [0.717, 1.165) is 6.07 Å². The van der Waals surface area contributed by atoms with Crippen LogP contribution in [0.2, 0.25) is 10.0 Å². The van der Waals surface area contributed by atoms with Gasteiger partial charge in [0.25, 0.3) is 5.69 Å². The Morgan fingerprint density at radius 2 is 2.11 bits per heavy atom. The lowest BCUT2D eigenvalue weighted by atomic mass is 10.2. The van der Waals surface area contributed by atoms with Gasteiger partial charge in [0.1, 0.15) is 11.7 Å². The lowest BCUT2D eigenvalue weighted by molar-refractivity contribution is -0.384. The van der Waals surface area contributed by atoms with Crippen LogP contribution in [-0.4, -0.2) is 35.8 Å². The standard InChI is InChI=1S/C10H10Cl2N2O5/c1-19-4-8(10(15)16)13-7-2-5(11)6(12)3-9(7)14(17)18/h2-3,8,13H,4H2,1H3,(H,15,16). The molecule has 104 valence electrons. The highest BCUT2D eigenvalue weighted by atomic mass is 35.5. The summed E-state index contributed by atoms with van der Waals surface area (Å²) in [5.74, 6) is -1.21. The van der Waals surface area contributed by atoms with Crippen LogP contribution in [0.3, 0.4) is 0 Å². The van der Waals surface area contributed by atoms with Gasteiger partial charge in [0.05, 0.1) is 21.6 Å². The molecule has 1 aromatic carbocycles. The summed E-state index contributed by atoms with van der Waals surface area (Å²) in [6, 6.07) is 1.12. The molecule has 0 amide bonds. The first-order valence-corrected chi connectivity index (χ1v) is 5.74. The van der Waals surface area contributed by atoms with E-state index in [-0.39, 0.29) is 28.0 Å². The second-order valence-corrected chi connectivity index (χ2v) is 4.35. The lowest BCUT2D eigenvalue weighted by Crippen LogP contribution is -2.33. The average Bonchev–Trinajstić information content (AvgIpc) is 2.32. The third-order valence-corrected chi connectivity index (χ3v) is 2.92. The third kappa shape index (κ3) is 3.95. The number of nitro benzene ring substituents is 1. The SMILES string of the molecule is COCC(Nc1cc(Cl)c(Cl)cc1[N+](=O)[O-])C(=O)O. The van der Waals surface area contributed by atoms with Gasteiger partial charge in [-0.2, -0.15) is 0 Å². The number of nitrogens with zero attached hydrogens (tertiary/aromatic N) is 1. The van der Waals surface area contributed by atoms with Gasteiger partial charge in [0.2, 0.25) is 0 Å². The van der Waals surface area contributed by atoms with Crippen LogP contribution in [0.5, 0.6) is 0 Å². The van der Waals surface area contributed by atoms with Crippen molar-refractivity contribution in [2.45, 2.75) is 6.04 Å². The first-order chi connectivity index (χ1) is 8.86. The molecule has 1 rings (SSSR count). The van der Waals surface area contributed by atoms with Crippen molar-refractivity contribution in [2.75, 3.05) is 19.0 Å². The molecule has 2 N–H and O–H groups in total. The van der Waals surface area contributed by atoms with Crippen molar-refractivity contribution < 1.29 is 19.6 Å². The first kappa shape index (κ1) is 15.5. The second-order valence-electron chi connectivity index (χ2n) is 3.53. The van der Waals surface area contributed by atoms with Gasteiger partial charge in [0.15, 0.2) is 0 Å². The Morgan fingerprint density at radius 3 is 2.58 bits per heavy atom. The predicted molar refractivity (Wildman–Crippen MR) is 70.0 cm³/mol. The summed E-state index contributed by atoms with van der Waals surface area (Å²) >= 11 is 11.4. The number of carbonyl (C=O) groups is 1. The van der Waals surface area contributed by atoms with Crippen LogP contribution in [0.25, 0.3) is 0 Å². The second kappa shape index (κ2) is 6.55. The number of carboxylic acid groups (broad SMARTS) is 1. The van der Waals surface area contributed by atoms with E-state index in [0.29, 0.717) is 0 Å². The number of carboxylic acids is 1. The fraction of sp³-hybridized carbons (Fsp3) is 0.300. The van der Waals surface area contributed by atoms with Crippen molar-refractivity contribution in [1.29, 1.82) is 0 Å². The predicted octanol–water partition coefficient (Wildman–Crippen LogP) is 2.41. The number of rotatable bonds is 6. The molecule has 0 aliphatic heterocycles. The maximum atomic E-state index is 11.0. The number of nitrogens with one attached hydrogen (secondary N) is 1. The van der Waals surface area contributed by atoms with Crippen LogP contribution in [-0.2, 0) is 9.53 Å². The molecular formula is C10H10Cl2N2O5. The Labute approximate surface area is 118 Å². The van der Waals surface area contributed by atoms with E-state index in [9.17, 15) is 14.9 Å². The van der Waals surface area contributed by atoms with E-state index in [1.807, 2.05) is 0 Å². The summed E-state index contributed by atoms with van der Waals surface area (Å²) in [5.41, 5.74) is -0.402. The number of aliphatic carboxylic acids is 1. The Morgan fingerprint density at radius 1 is 1.53 bits per heavy atom. The Hall–Kier alpha value is -1.57. The van der Waals surface area contributed by atoms with E-state index in [1.54, 1.807) is 0 Å². The molecule has 7 nitrogen and oxygen atoms in total. The number of ether oxygens (including phenoxy) is 1. The van der Waals surface area contributed by atoms with Crippen LogP contribution in [0.15, 0.2) is 12.1 Å². The molecule has 0 saturated heterocycles. The molecule has 0 spiro atoms. The zero-order valence-electron chi connectivity index (χ0n) is 9.72. The minimum atomic E-state index is -1.21. The highest BCUT2D eigenvalue weighted by Gasteiger charge is 2.23. The molecule has 1 aromatic rings. The highest BCUT2D eigenvalue weighted by Crippen LogP contribution is 2.34. The van der Waals surface area contributed by atoms with Crippen molar-refractivity contribution in [1.82, 2.24) is 0 Å². The molecule has 0 saturated carbocycles. The van der Waals surface area contributed by atoms with Crippen LogP contribution >= 0.6 is 23.2 Å². The molecule has 0 fully saturated rings. The number of methoxy groups -OCH3 is 1.